The van der Waals surface area contributed by atoms with Crippen LogP contribution in [0.2, 0.25) is 0 Å². The molecule has 0 unspecified atom stereocenters. The molecule has 6 nitrogen and oxygen atoms in total. The van der Waals surface area contributed by atoms with Crippen molar-refractivity contribution in [3.8, 4) is 0 Å². The SMILES string of the molecule is CCCc1nnnn1CC(C)(C)C(=O)O. The zero-order chi connectivity index (χ0) is 11.5. The first-order valence-electron chi connectivity index (χ1n) is 4.96. The molecule has 1 N–H and O–H groups in total. The molecule has 15 heavy (non-hydrogen) atoms. The molecule has 0 fully saturated rings. The first kappa shape index (κ1) is 11.6. The molecule has 0 aliphatic carbocycles. The third kappa shape index (κ3) is 2.74. The van der Waals surface area contributed by atoms with E-state index in [9.17, 15) is 4.79 Å². The summed E-state index contributed by atoms with van der Waals surface area (Å²) >= 11 is 0. The van der Waals surface area contributed by atoms with E-state index in [0.29, 0.717) is 6.54 Å². The Morgan fingerprint density at radius 3 is 2.73 bits per heavy atom. The number of rotatable bonds is 5. The number of aromatic nitrogens is 4. The zero-order valence-electron chi connectivity index (χ0n) is 9.27. The molecule has 84 valence electrons. The standard InChI is InChI=1S/C9H16N4O2/c1-4-5-7-10-11-12-13(7)6-9(2,3)8(14)15/h4-6H2,1-3H3,(H,14,15). The number of carbonyl (C=O) groups is 1. The first-order valence-corrected chi connectivity index (χ1v) is 4.96. The molecule has 1 heterocycles. The van der Waals surface area contributed by atoms with Crippen molar-refractivity contribution in [3.05, 3.63) is 5.82 Å². The lowest BCUT2D eigenvalue weighted by Crippen LogP contribution is -2.30. The number of carboxylic acid groups (broad SMARTS) is 1. The summed E-state index contributed by atoms with van der Waals surface area (Å²) in [6.45, 7) is 5.64. The largest absolute Gasteiger partial charge is 0.481 e. The van der Waals surface area contributed by atoms with Crippen LogP contribution in [0.15, 0.2) is 0 Å². The maximum atomic E-state index is 10.9. The van der Waals surface area contributed by atoms with Crippen LogP contribution in [-0.2, 0) is 17.8 Å². The minimum Gasteiger partial charge on any atom is -0.481 e. The summed E-state index contributed by atoms with van der Waals surface area (Å²) < 4.78 is 1.57. The van der Waals surface area contributed by atoms with Crippen LogP contribution in [0.3, 0.4) is 0 Å². The van der Waals surface area contributed by atoms with E-state index in [2.05, 4.69) is 15.5 Å². The van der Waals surface area contributed by atoms with Gasteiger partial charge in [0.2, 0.25) is 0 Å². The maximum absolute atomic E-state index is 10.9. The lowest BCUT2D eigenvalue weighted by Gasteiger charge is -2.18. The molecular weight excluding hydrogens is 196 g/mol. The number of tetrazole rings is 1. The summed E-state index contributed by atoms with van der Waals surface area (Å²) in [6.07, 6.45) is 1.70. The smallest absolute Gasteiger partial charge is 0.310 e. The highest BCUT2D eigenvalue weighted by Gasteiger charge is 2.29. The van der Waals surface area contributed by atoms with Gasteiger partial charge >= 0.3 is 5.97 Å². The van der Waals surface area contributed by atoms with Crippen molar-refractivity contribution in [1.29, 1.82) is 0 Å². The lowest BCUT2D eigenvalue weighted by molar-refractivity contribution is -0.147. The Bertz CT molecular complexity index is 346. The van der Waals surface area contributed by atoms with Gasteiger partial charge in [0, 0.05) is 6.42 Å². The van der Waals surface area contributed by atoms with Crippen LogP contribution in [-0.4, -0.2) is 31.3 Å². The van der Waals surface area contributed by atoms with E-state index >= 15 is 0 Å². The lowest BCUT2D eigenvalue weighted by atomic mass is 9.94. The van der Waals surface area contributed by atoms with Gasteiger partial charge in [-0.1, -0.05) is 6.92 Å². The van der Waals surface area contributed by atoms with Crippen LogP contribution in [0.25, 0.3) is 0 Å². The van der Waals surface area contributed by atoms with Crippen LogP contribution < -0.4 is 0 Å². The van der Waals surface area contributed by atoms with Gasteiger partial charge in [-0.25, -0.2) is 4.68 Å². The molecule has 1 aromatic rings. The van der Waals surface area contributed by atoms with Crippen molar-refractivity contribution in [2.75, 3.05) is 0 Å². The highest BCUT2D eigenvalue weighted by molar-refractivity contribution is 5.73. The maximum Gasteiger partial charge on any atom is 0.310 e. The summed E-state index contributed by atoms with van der Waals surface area (Å²) in [5, 5.41) is 20.2. The van der Waals surface area contributed by atoms with Crippen molar-refractivity contribution in [2.24, 2.45) is 5.41 Å². The Balaban J connectivity index is 2.80. The predicted molar refractivity (Wildman–Crippen MR) is 53.2 cm³/mol. The van der Waals surface area contributed by atoms with Gasteiger partial charge in [0.1, 0.15) is 0 Å². The number of aliphatic carboxylic acids is 1. The molecule has 6 heteroatoms. The first-order chi connectivity index (χ1) is 6.97. The molecule has 0 spiro atoms. The summed E-state index contributed by atoms with van der Waals surface area (Å²) in [5.41, 5.74) is -0.849. The van der Waals surface area contributed by atoms with E-state index in [4.69, 9.17) is 5.11 Å². The minimum absolute atomic E-state index is 0.296. The van der Waals surface area contributed by atoms with Crippen molar-refractivity contribution >= 4 is 5.97 Å². The zero-order valence-corrected chi connectivity index (χ0v) is 9.27. The molecule has 0 aliphatic heterocycles. The predicted octanol–water partition coefficient (Wildman–Crippen LogP) is 0.736. The Morgan fingerprint density at radius 1 is 1.53 bits per heavy atom. The fourth-order valence-electron chi connectivity index (χ4n) is 1.19. The van der Waals surface area contributed by atoms with Gasteiger partial charge in [0.05, 0.1) is 12.0 Å². The van der Waals surface area contributed by atoms with Gasteiger partial charge in [0.15, 0.2) is 5.82 Å². The van der Waals surface area contributed by atoms with Gasteiger partial charge in [-0.15, -0.1) is 5.10 Å². The second-order valence-corrected chi connectivity index (χ2v) is 4.19. The monoisotopic (exact) mass is 212 g/mol. The molecule has 0 amide bonds. The number of nitrogens with zero attached hydrogens (tertiary/aromatic N) is 4. The normalized spacial score (nSPS) is 11.7. The van der Waals surface area contributed by atoms with E-state index < -0.39 is 11.4 Å². The van der Waals surface area contributed by atoms with Gasteiger partial charge in [-0.05, 0) is 30.7 Å². The molecule has 0 atom stereocenters. The van der Waals surface area contributed by atoms with Crippen molar-refractivity contribution < 1.29 is 9.90 Å². The average Bonchev–Trinajstić information content (AvgIpc) is 2.52. The quantitative estimate of drug-likeness (QED) is 0.778. The number of hydrogen-bond acceptors (Lipinski definition) is 4. The van der Waals surface area contributed by atoms with E-state index in [1.807, 2.05) is 6.92 Å². The number of hydrogen-bond donors (Lipinski definition) is 1. The fourth-order valence-corrected chi connectivity index (χ4v) is 1.19. The second kappa shape index (κ2) is 4.37. The average molecular weight is 212 g/mol. The minimum atomic E-state index is -0.849. The molecule has 1 aromatic heterocycles. The topological polar surface area (TPSA) is 80.9 Å². The van der Waals surface area contributed by atoms with E-state index in [1.165, 1.54) is 0 Å². The Kier molecular flexibility index (Phi) is 3.39. The van der Waals surface area contributed by atoms with Crippen molar-refractivity contribution in [3.63, 3.8) is 0 Å². The van der Waals surface area contributed by atoms with E-state index in [-0.39, 0.29) is 0 Å². The molecule has 0 bridgehead atoms. The van der Waals surface area contributed by atoms with Gasteiger partial charge in [0.25, 0.3) is 0 Å². The summed E-state index contributed by atoms with van der Waals surface area (Å²) in [5.74, 6) is -0.104. The van der Waals surface area contributed by atoms with Crippen LogP contribution in [0.4, 0.5) is 0 Å². The van der Waals surface area contributed by atoms with Gasteiger partial charge in [-0.2, -0.15) is 0 Å². The molecule has 1 rings (SSSR count). The number of aryl methyl sites for hydroxylation is 1. The van der Waals surface area contributed by atoms with E-state index in [1.54, 1.807) is 18.5 Å². The van der Waals surface area contributed by atoms with Crippen LogP contribution >= 0.6 is 0 Å². The molecule has 0 saturated heterocycles. The Hall–Kier alpha value is -1.46. The molecule has 0 radical (unpaired) electrons. The Labute approximate surface area is 88.3 Å². The van der Waals surface area contributed by atoms with Crippen molar-refractivity contribution in [1.82, 2.24) is 20.2 Å². The molecule has 0 saturated carbocycles. The highest BCUT2D eigenvalue weighted by atomic mass is 16.4. The highest BCUT2D eigenvalue weighted by Crippen LogP contribution is 2.18. The van der Waals surface area contributed by atoms with Crippen LogP contribution in [0, 0.1) is 5.41 Å². The van der Waals surface area contributed by atoms with Gasteiger partial charge < -0.3 is 5.11 Å². The molecule has 0 aromatic carbocycles. The third-order valence-electron chi connectivity index (χ3n) is 2.20. The van der Waals surface area contributed by atoms with Gasteiger partial charge in [-0.3, -0.25) is 4.79 Å². The van der Waals surface area contributed by atoms with Crippen LogP contribution in [0.5, 0.6) is 0 Å². The summed E-state index contributed by atoms with van der Waals surface area (Å²) in [6, 6.07) is 0. The summed E-state index contributed by atoms with van der Waals surface area (Å²) in [4.78, 5) is 10.9. The fraction of sp³-hybridized carbons (Fsp3) is 0.778. The molecule has 0 aliphatic rings. The second-order valence-electron chi connectivity index (χ2n) is 4.19. The van der Waals surface area contributed by atoms with Crippen LogP contribution in [0.1, 0.15) is 33.0 Å². The summed E-state index contributed by atoms with van der Waals surface area (Å²) in [7, 11) is 0. The number of carboxylic acids is 1. The van der Waals surface area contributed by atoms with Crippen molar-refractivity contribution in [2.45, 2.75) is 40.2 Å². The molecular formula is C9H16N4O2. The van der Waals surface area contributed by atoms with E-state index in [0.717, 1.165) is 18.7 Å². The third-order valence-corrected chi connectivity index (χ3v) is 2.20. The Morgan fingerprint density at radius 2 is 2.20 bits per heavy atom.